The SMILES string of the molecule is CC(=O)N1CCN(C(=O)CN2CCc3c(ncn3C3CC3)C2)CC1. The minimum absolute atomic E-state index is 0.0944. The molecule has 2 fully saturated rings. The maximum Gasteiger partial charge on any atom is 0.236 e. The number of rotatable bonds is 3. The van der Waals surface area contributed by atoms with E-state index >= 15 is 0 Å². The molecule has 3 aliphatic rings. The molecular weight excluding hydrogens is 306 g/mol. The predicted octanol–water partition coefficient (Wildman–Crippen LogP) is 0.267. The number of fused-ring (bicyclic) bond motifs is 1. The fourth-order valence-corrected chi connectivity index (χ4v) is 3.75. The fourth-order valence-electron chi connectivity index (χ4n) is 3.75. The summed E-state index contributed by atoms with van der Waals surface area (Å²) in [5, 5.41) is 0. The molecule has 7 nitrogen and oxygen atoms in total. The molecule has 3 heterocycles. The smallest absolute Gasteiger partial charge is 0.236 e. The Morgan fingerprint density at radius 2 is 1.83 bits per heavy atom. The maximum atomic E-state index is 12.5. The van der Waals surface area contributed by atoms with Crippen molar-refractivity contribution >= 4 is 11.8 Å². The largest absolute Gasteiger partial charge is 0.339 e. The Hall–Kier alpha value is -1.89. The van der Waals surface area contributed by atoms with Crippen LogP contribution in [0.15, 0.2) is 6.33 Å². The monoisotopic (exact) mass is 331 g/mol. The molecule has 1 aliphatic carbocycles. The van der Waals surface area contributed by atoms with E-state index in [1.165, 1.54) is 18.5 Å². The first kappa shape index (κ1) is 15.6. The van der Waals surface area contributed by atoms with Crippen molar-refractivity contribution in [2.45, 2.75) is 38.8 Å². The van der Waals surface area contributed by atoms with Crippen LogP contribution >= 0.6 is 0 Å². The molecule has 130 valence electrons. The molecular formula is C17H25N5O2. The van der Waals surface area contributed by atoms with Crippen LogP contribution in [0.3, 0.4) is 0 Å². The Kier molecular flexibility index (Phi) is 4.04. The molecule has 1 saturated carbocycles. The summed E-state index contributed by atoms with van der Waals surface area (Å²) in [5.74, 6) is 0.264. The Labute approximate surface area is 142 Å². The number of carbonyl (C=O) groups is 2. The van der Waals surface area contributed by atoms with Gasteiger partial charge in [-0.05, 0) is 12.8 Å². The number of piperazine rings is 1. The highest BCUT2D eigenvalue weighted by atomic mass is 16.2. The standard InChI is InChI=1S/C17H25N5O2/c1-13(23)20-6-8-21(9-7-20)17(24)11-19-5-4-16-15(10-19)18-12-22(16)14-2-3-14/h12,14H,2-11H2,1H3. The summed E-state index contributed by atoms with van der Waals surface area (Å²) in [6.45, 7) is 6.33. The lowest BCUT2D eigenvalue weighted by molar-refractivity contribution is -0.139. The Morgan fingerprint density at radius 1 is 1.12 bits per heavy atom. The lowest BCUT2D eigenvalue weighted by atomic mass is 10.1. The molecule has 2 amide bonds. The highest BCUT2D eigenvalue weighted by Gasteiger charge is 2.30. The average Bonchev–Trinajstić information content (AvgIpc) is 3.34. The van der Waals surface area contributed by atoms with E-state index in [-0.39, 0.29) is 11.8 Å². The Morgan fingerprint density at radius 3 is 2.50 bits per heavy atom. The van der Waals surface area contributed by atoms with Gasteiger partial charge in [-0.1, -0.05) is 0 Å². The van der Waals surface area contributed by atoms with Crippen molar-refractivity contribution in [1.82, 2.24) is 24.3 Å². The number of nitrogens with zero attached hydrogens (tertiary/aromatic N) is 5. The van der Waals surface area contributed by atoms with Crippen molar-refractivity contribution in [3.05, 3.63) is 17.7 Å². The minimum atomic E-state index is 0.0944. The molecule has 0 atom stereocenters. The van der Waals surface area contributed by atoms with Crippen LogP contribution in [-0.2, 0) is 22.6 Å². The van der Waals surface area contributed by atoms with E-state index in [0.717, 1.165) is 25.2 Å². The maximum absolute atomic E-state index is 12.5. The van der Waals surface area contributed by atoms with E-state index < -0.39 is 0 Å². The molecule has 0 aromatic carbocycles. The summed E-state index contributed by atoms with van der Waals surface area (Å²) in [5.41, 5.74) is 2.51. The second-order valence-electron chi connectivity index (χ2n) is 7.12. The molecule has 7 heteroatoms. The summed E-state index contributed by atoms with van der Waals surface area (Å²) in [7, 11) is 0. The molecule has 0 unspecified atom stereocenters. The van der Waals surface area contributed by atoms with E-state index in [9.17, 15) is 9.59 Å². The zero-order valence-electron chi connectivity index (χ0n) is 14.3. The van der Waals surface area contributed by atoms with Gasteiger partial charge in [0.05, 0.1) is 18.6 Å². The predicted molar refractivity (Wildman–Crippen MR) is 88.3 cm³/mol. The summed E-state index contributed by atoms with van der Waals surface area (Å²) in [4.78, 5) is 34.4. The van der Waals surface area contributed by atoms with Gasteiger partial charge in [0.15, 0.2) is 0 Å². The van der Waals surface area contributed by atoms with Gasteiger partial charge in [-0.3, -0.25) is 14.5 Å². The van der Waals surface area contributed by atoms with Gasteiger partial charge in [-0.25, -0.2) is 4.98 Å². The van der Waals surface area contributed by atoms with Crippen molar-refractivity contribution in [2.75, 3.05) is 39.3 Å². The first-order valence-electron chi connectivity index (χ1n) is 8.92. The minimum Gasteiger partial charge on any atom is -0.339 e. The highest BCUT2D eigenvalue weighted by molar-refractivity contribution is 5.79. The van der Waals surface area contributed by atoms with E-state index in [1.807, 2.05) is 16.1 Å². The van der Waals surface area contributed by atoms with Crippen LogP contribution in [0.2, 0.25) is 0 Å². The average molecular weight is 331 g/mol. The van der Waals surface area contributed by atoms with Crippen molar-refractivity contribution in [1.29, 1.82) is 0 Å². The molecule has 0 bridgehead atoms. The molecule has 2 aliphatic heterocycles. The third kappa shape index (κ3) is 3.05. The molecule has 0 radical (unpaired) electrons. The molecule has 4 rings (SSSR count). The second kappa shape index (κ2) is 6.20. The van der Waals surface area contributed by atoms with Crippen LogP contribution in [0.1, 0.15) is 37.2 Å². The van der Waals surface area contributed by atoms with Gasteiger partial charge in [0.1, 0.15) is 0 Å². The van der Waals surface area contributed by atoms with E-state index in [2.05, 4.69) is 14.5 Å². The zero-order chi connectivity index (χ0) is 16.7. The normalized spacial score (nSPS) is 21.7. The van der Waals surface area contributed by atoms with Crippen LogP contribution in [-0.4, -0.2) is 75.3 Å². The van der Waals surface area contributed by atoms with Crippen LogP contribution in [0.5, 0.6) is 0 Å². The van der Waals surface area contributed by atoms with Crippen molar-refractivity contribution in [3.63, 3.8) is 0 Å². The summed E-state index contributed by atoms with van der Waals surface area (Å²) >= 11 is 0. The second-order valence-corrected chi connectivity index (χ2v) is 7.12. The number of amides is 2. The summed E-state index contributed by atoms with van der Waals surface area (Å²) in [6, 6.07) is 0.673. The number of carbonyl (C=O) groups excluding carboxylic acids is 2. The third-order valence-electron chi connectivity index (χ3n) is 5.40. The van der Waals surface area contributed by atoms with Crippen molar-refractivity contribution in [2.24, 2.45) is 0 Å². The van der Waals surface area contributed by atoms with Crippen molar-refractivity contribution in [3.8, 4) is 0 Å². The van der Waals surface area contributed by atoms with Gasteiger partial charge >= 0.3 is 0 Å². The van der Waals surface area contributed by atoms with Gasteiger partial charge in [0.25, 0.3) is 0 Å². The number of aromatic nitrogens is 2. The molecule has 0 spiro atoms. The lowest BCUT2D eigenvalue weighted by Gasteiger charge is -2.36. The van der Waals surface area contributed by atoms with E-state index in [4.69, 9.17) is 0 Å². The molecule has 0 N–H and O–H groups in total. The van der Waals surface area contributed by atoms with Crippen molar-refractivity contribution < 1.29 is 9.59 Å². The van der Waals surface area contributed by atoms with Crippen LogP contribution < -0.4 is 0 Å². The number of imidazole rings is 1. The number of hydrogen-bond acceptors (Lipinski definition) is 4. The van der Waals surface area contributed by atoms with Gasteiger partial charge in [0.2, 0.25) is 11.8 Å². The molecule has 24 heavy (non-hydrogen) atoms. The highest BCUT2D eigenvalue weighted by Crippen LogP contribution is 2.37. The van der Waals surface area contributed by atoms with Crippen LogP contribution in [0.4, 0.5) is 0 Å². The van der Waals surface area contributed by atoms with Gasteiger partial charge < -0.3 is 14.4 Å². The summed E-state index contributed by atoms with van der Waals surface area (Å²) < 4.78 is 2.34. The van der Waals surface area contributed by atoms with E-state index in [0.29, 0.717) is 38.8 Å². The third-order valence-corrected chi connectivity index (χ3v) is 5.40. The van der Waals surface area contributed by atoms with Gasteiger partial charge in [0, 0.05) is 64.3 Å². The zero-order valence-corrected chi connectivity index (χ0v) is 14.3. The quantitative estimate of drug-likeness (QED) is 0.797. The first-order valence-corrected chi connectivity index (χ1v) is 8.92. The summed E-state index contributed by atoms with van der Waals surface area (Å²) in [6.07, 6.45) is 5.51. The Bertz CT molecular complexity index is 643. The topological polar surface area (TPSA) is 61.7 Å². The van der Waals surface area contributed by atoms with Gasteiger partial charge in [-0.15, -0.1) is 0 Å². The lowest BCUT2D eigenvalue weighted by Crippen LogP contribution is -2.52. The molecule has 1 saturated heterocycles. The molecule has 1 aromatic rings. The fraction of sp³-hybridized carbons (Fsp3) is 0.706. The van der Waals surface area contributed by atoms with Crippen LogP contribution in [0.25, 0.3) is 0 Å². The molecule has 1 aromatic heterocycles. The Balaban J connectivity index is 1.31. The number of hydrogen-bond donors (Lipinski definition) is 0. The first-order chi connectivity index (χ1) is 11.6. The van der Waals surface area contributed by atoms with Crippen LogP contribution in [0, 0.1) is 0 Å². The van der Waals surface area contributed by atoms with Gasteiger partial charge in [-0.2, -0.15) is 0 Å². The van der Waals surface area contributed by atoms with E-state index in [1.54, 1.807) is 6.92 Å².